The highest BCUT2D eigenvalue weighted by molar-refractivity contribution is 7.27. The molecular formula is C43H26N4S. The average Bonchev–Trinajstić information content (AvgIpc) is 3.71. The number of aromatic nitrogens is 4. The molecule has 0 N–H and O–H groups in total. The third-order valence-electron chi connectivity index (χ3n) is 9.23. The van der Waals surface area contributed by atoms with Crippen molar-refractivity contribution in [3.63, 3.8) is 0 Å². The van der Waals surface area contributed by atoms with Crippen molar-refractivity contribution in [3.8, 4) is 39.9 Å². The summed E-state index contributed by atoms with van der Waals surface area (Å²) in [6.45, 7) is 0. The van der Waals surface area contributed by atoms with Crippen molar-refractivity contribution in [2.45, 2.75) is 0 Å². The molecular weight excluding hydrogens is 605 g/mol. The summed E-state index contributed by atoms with van der Waals surface area (Å²) >= 11 is 1.83. The minimum atomic E-state index is 0.662. The summed E-state index contributed by atoms with van der Waals surface area (Å²) in [7, 11) is 0. The molecule has 0 radical (unpaired) electrons. The number of hydrogen-bond acceptors (Lipinski definition) is 4. The summed E-state index contributed by atoms with van der Waals surface area (Å²) in [6.07, 6.45) is 0. The van der Waals surface area contributed by atoms with E-state index in [1.165, 1.54) is 47.4 Å². The normalized spacial score (nSPS) is 11.8. The summed E-state index contributed by atoms with van der Waals surface area (Å²) in [5.74, 6) is 2.00. The van der Waals surface area contributed by atoms with Gasteiger partial charge in [-0.2, -0.15) is 0 Å². The second-order valence-corrected chi connectivity index (χ2v) is 13.1. The van der Waals surface area contributed by atoms with E-state index in [0.29, 0.717) is 17.5 Å². The predicted octanol–water partition coefficient (Wildman–Crippen LogP) is 11.5. The fraction of sp³-hybridized carbons (Fsp3) is 0. The van der Waals surface area contributed by atoms with Gasteiger partial charge in [0, 0.05) is 53.3 Å². The molecule has 0 saturated heterocycles. The van der Waals surface area contributed by atoms with E-state index in [1.807, 2.05) is 29.5 Å². The Labute approximate surface area is 280 Å². The zero-order valence-corrected chi connectivity index (χ0v) is 26.5. The molecule has 3 heterocycles. The number of fused-ring (bicyclic) bond motifs is 8. The molecule has 5 heteroatoms. The second-order valence-electron chi connectivity index (χ2n) is 12.0. The first-order chi connectivity index (χ1) is 23.8. The summed E-state index contributed by atoms with van der Waals surface area (Å²) < 4.78 is 4.82. The van der Waals surface area contributed by atoms with E-state index in [1.54, 1.807) is 0 Å². The Morgan fingerprint density at radius 3 is 1.94 bits per heavy atom. The Morgan fingerprint density at radius 2 is 1.08 bits per heavy atom. The minimum Gasteiger partial charge on any atom is -0.309 e. The van der Waals surface area contributed by atoms with Crippen LogP contribution in [0.25, 0.3) is 92.6 Å². The first kappa shape index (κ1) is 27.0. The van der Waals surface area contributed by atoms with E-state index in [4.69, 9.17) is 15.0 Å². The Kier molecular flexibility index (Phi) is 6.01. The molecule has 10 aromatic rings. The Hall–Kier alpha value is -6.17. The highest BCUT2D eigenvalue weighted by atomic mass is 32.1. The quantitative estimate of drug-likeness (QED) is 0.194. The van der Waals surface area contributed by atoms with E-state index < -0.39 is 0 Å². The summed E-state index contributed by atoms with van der Waals surface area (Å²) in [5, 5.41) is 7.32. The third kappa shape index (κ3) is 4.18. The van der Waals surface area contributed by atoms with Crippen molar-refractivity contribution in [3.05, 3.63) is 158 Å². The maximum atomic E-state index is 5.16. The van der Waals surface area contributed by atoms with Gasteiger partial charge in [0.2, 0.25) is 0 Å². The molecule has 0 bridgehead atoms. The van der Waals surface area contributed by atoms with Crippen molar-refractivity contribution in [1.29, 1.82) is 0 Å². The van der Waals surface area contributed by atoms with Crippen molar-refractivity contribution in [1.82, 2.24) is 19.5 Å². The molecule has 0 amide bonds. The first-order valence-corrected chi connectivity index (χ1v) is 16.9. The van der Waals surface area contributed by atoms with Gasteiger partial charge in [-0.3, -0.25) is 0 Å². The van der Waals surface area contributed by atoms with Crippen molar-refractivity contribution < 1.29 is 0 Å². The summed E-state index contributed by atoms with van der Waals surface area (Å²) in [6, 6.07) is 55.4. The fourth-order valence-electron chi connectivity index (χ4n) is 7.01. The zero-order valence-electron chi connectivity index (χ0n) is 25.7. The maximum Gasteiger partial charge on any atom is 0.165 e. The molecule has 7 aromatic carbocycles. The first-order valence-electron chi connectivity index (χ1n) is 16.0. The monoisotopic (exact) mass is 630 g/mol. The van der Waals surface area contributed by atoms with E-state index in [0.717, 1.165) is 27.8 Å². The minimum absolute atomic E-state index is 0.662. The maximum absolute atomic E-state index is 5.16. The van der Waals surface area contributed by atoms with Crippen LogP contribution in [-0.2, 0) is 0 Å². The topological polar surface area (TPSA) is 43.6 Å². The van der Waals surface area contributed by atoms with Crippen LogP contribution in [0.2, 0.25) is 0 Å². The summed E-state index contributed by atoms with van der Waals surface area (Å²) in [4.78, 5) is 15.3. The average molecular weight is 631 g/mol. The molecule has 0 spiro atoms. The standard InChI is InChI=1S/C43H26N4S/c1-3-13-28(14-4-1)41-44-42(30-23-22-27-12-7-8-15-29(27)26-30)46-43(45-41)35-20-11-19-32-33-24-25-37-38(40(33)48-39(32)35)34-18-9-10-21-36(34)47(37)31-16-5-2-6-17-31/h1-26H. The van der Waals surface area contributed by atoms with Gasteiger partial charge in [0.1, 0.15) is 0 Å². The zero-order chi connectivity index (χ0) is 31.6. The van der Waals surface area contributed by atoms with Gasteiger partial charge in [0.25, 0.3) is 0 Å². The molecule has 0 fully saturated rings. The predicted molar refractivity (Wildman–Crippen MR) is 201 cm³/mol. The van der Waals surface area contributed by atoms with Crippen molar-refractivity contribution in [2.75, 3.05) is 0 Å². The van der Waals surface area contributed by atoms with Crippen molar-refractivity contribution in [2.24, 2.45) is 0 Å². The van der Waals surface area contributed by atoms with Gasteiger partial charge in [-0.25, -0.2) is 15.0 Å². The van der Waals surface area contributed by atoms with Gasteiger partial charge in [0.15, 0.2) is 17.5 Å². The SMILES string of the molecule is c1ccc(-c2nc(-c3ccc4ccccc4c3)nc(-c3cccc4c3sc3c4ccc4c3c3ccccc3n4-c3ccccc3)n2)cc1. The Balaban J connectivity index is 1.24. The van der Waals surface area contributed by atoms with Gasteiger partial charge in [-0.05, 0) is 47.2 Å². The molecule has 4 nitrogen and oxygen atoms in total. The lowest BCUT2D eigenvalue weighted by atomic mass is 10.1. The van der Waals surface area contributed by atoms with Gasteiger partial charge in [-0.1, -0.05) is 121 Å². The van der Waals surface area contributed by atoms with E-state index in [9.17, 15) is 0 Å². The smallest absolute Gasteiger partial charge is 0.165 e. The molecule has 10 rings (SSSR count). The van der Waals surface area contributed by atoms with Gasteiger partial charge < -0.3 is 4.57 Å². The molecule has 0 atom stereocenters. The van der Waals surface area contributed by atoms with E-state index in [2.05, 4.69) is 144 Å². The molecule has 0 aliphatic rings. The molecule has 224 valence electrons. The number of nitrogens with zero attached hydrogens (tertiary/aromatic N) is 4. The van der Waals surface area contributed by atoms with Gasteiger partial charge in [-0.15, -0.1) is 11.3 Å². The Bertz CT molecular complexity index is 2830. The number of benzene rings is 7. The highest BCUT2D eigenvalue weighted by Gasteiger charge is 2.20. The van der Waals surface area contributed by atoms with E-state index in [-0.39, 0.29) is 0 Å². The summed E-state index contributed by atoms with van der Waals surface area (Å²) in [5.41, 5.74) is 6.50. The number of rotatable bonds is 4. The van der Waals surface area contributed by atoms with Crippen LogP contribution in [0.4, 0.5) is 0 Å². The lowest BCUT2D eigenvalue weighted by molar-refractivity contribution is 1.08. The number of para-hydroxylation sites is 2. The molecule has 0 unspecified atom stereocenters. The molecule has 3 aromatic heterocycles. The highest BCUT2D eigenvalue weighted by Crippen LogP contribution is 2.45. The molecule has 48 heavy (non-hydrogen) atoms. The van der Waals surface area contributed by atoms with Crippen LogP contribution in [0.5, 0.6) is 0 Å². The van der Waals surface area contributed by atoms with E-state index >= 15 is 0 Å². The van der Waals surface area contributed by atoms with Crippen LogP contribution in [0.15, 0.2) is 158 Å². The van der Waals surface area contributed by atoms with Gasteiger partial charge >= 0.3 is 0 Å². The van der Waals surface area contributed by atoms with Crippen LogP contribution >= 0.6 is 11.3 Å². The van der Waals surface area contributed by atoms with Crippen LogP contribution in [-0.4, -0.2) is 19.5 Å². The third-order valence-corrected chi connectivity index (χ3v) is 10.5. The fourth-order valence-corrected chi connectivity index (χ4v) is 8.38. The molecule has 0 saturated carbocycles. The number of hydrogen-bond donors (Lipinski definition) is 0. The molecule has 0 aliphatic carbocycles. The van der Waals surface area contributed by atoms with Gasteiger partial charge in [0.05, 0.1) is 11.0 Å². The van der Waals surface area contributed by atoms with Crippen LogP contribution in [0.1, 0.15) is 0 Å². The largest absolute Gasteiger partial charge is 0.309 e. The number of thiophene rings is 1. The lowest BCUT2D eigenvalue weighted by Crippen LogP contribution is -2.00. The van der Waals surface area contributed by atoms with Crippen LogP contribution in [0, 0.1) is 0 Å². The van der Waals surface area contributed by atoms with Crippen LogP contribution < -0.4 is 0 Å². The van der Waals surface area contributed by atoms with Crippen molar-refractivity contribution >= 4 is 64.1 Å². The van der Waals surface area contributed by atoms with Crippen LogP contribution in [0.3, 0.4) is 0 Å². The molecule has 0 aliphatic heterocycles. The lowest BCUT2D eigenvalue weighted by Gasteiger charge is -2.09. The Morgan fingerprint density at radius 1 is 0.417 bits per heavy atom. The second kappa shape index (κ2) is 10.7.